The van der Waals surface area contributed by atoms with Crippen molar-refractivity contribution in [3.8, 4) is 0 Å². The number of nitro benzene ring substituents is 1. The number of fused-ring (bicyclic) bond motifs is 1. The Bertz CT molecular complexity index is 1190. The third-order valence-electron chi connectivity index (χ3n) is 5.52. The zero-order valence-electron chi connectivity index (χ0n) is 16.8. The molecule has 0 saturated heterocycles. The lowest BCUT2D eigenvalue weighted by Crippen LogP contribution is -2.41. The minimum absolute atomic E-state index is 0.136. The van der Waals surface area contributed by atoms with Crippen LogP contribution in [0.5, 0.6) is 0 Å². The third kappa shape index (κ3) is 3.60. The van der Waals surface area contributed by atoms with Gasteiger partial charge in [0.15, 0.2) is 11.4 Å². The summed E-state index contributed by atoms with van der Waals surface area (Å²) in [5.41, 5.74) is 0.216. The summed E-state index contributed by atoms with van der Waals surface area (Å²) in [6.45, 7) is 2.20. The predicted molar refractivity (Wildman–Crippen MR) is 115 cm³/mol. The molecule has 0 fully saturated rings. The quantitative estimate of drug-likeness (QED) is 0.373. The van der Waals surface area contributed by atoms with E-state index in [0.29, 0.717) is 11.3 Å². The fourth-order valence-corrected chi connectivity index (χ4v) is 3.91. The second-order valence-electron chi connectivity index (χ2n) is 7.63. The van der Waals surface area contributed by atoms with Crippen molar-refractivity contribution in [2.75, 3.05) is 4.90 Å². The zero-order chi connectivity index (χ0) is 22.2. The molecule has 0 saturated carbocycles. The molecule has 7 nitrogen and oxygen atoms in total. The van der Waals surface area contributed by atoms with Crippen LogP contribution in [-0.4, -0.2) is 21.7 Å². The predicted octanol–water partition coefficient (Wildman–Crippen LogP) is 3.91. The molecule has 4 rings (SSSR count). The third-order valence-corrected chi connectivity index (χ3v) is 5.52. The van der Waals surface area contributed by atoms with Crippen molar-refractivity contribution in [1.29, 1.82) is 0 Å². The smallest absolute Gasteiger partial charge is 0.280 e. The summed E-state index contributed by atoms with van der Waals surface area (Å²) in [6, 6.07) is 20.0. The van der Waals surface area contributed by atoms with Gasteiger partial charge in [-0.1, -0.05) is 60.2 Å². The normalized spacial score (nSPS) is 17.5. The molecule has 31 heavy (non-hydrogen) atoms. The Balaban J connectivity index is 1.69. The maximum atomic E-state index is 13.3. The van der Waals surface area contributed by atoms with Crippen LogP contribution in [0.2, 0.25) is 0 Å². The molecule has 1 amide bonds. The Labute approximate surface area is 178 Å². The summed E-state index contributed by atoms with van der Waals surface area (Å²) in [6.07, 6.45) is -0.585. The lowest BCUT2D eigenvalue weighted by Gasteiger charge is -2.23. The molecule has 3 aromatic rings. The largest absolute Gasteiger partial charge is 0.375 e. The molecule has 0 aliphatic carbocycles. The molecule has 0 spiro atoms. The first-order valence-corrected chi connectivity index (χ1v) is 9.77. The monoisotopic (exact) mass is 416 g/mol. The van der Waals surface area contributed by atoms with Crippen LogP contribution in [0, 0.1) is 17.0 Å². The summed E-state index contributed by atoms with van der Waals surface area (Å²) in [4.78, 5) is 38.4. The number of aliphatic hydroxyl groups is 1. The van der Waals surface area contributed by atoms with E-state index in [2.05, 4.69) is 0 Å². The van der Waals surface area contributed by atoms with Crippen LogP contribution in [0.3, 0.4) is 0 Å². The van der Waals surface area contributed by atoms with E-state index in [0.717, 1.165) is 11.1 Å². The summed E-state index contributed by atoms with van der Waals surface area (Å²) in [7, 11) is 0. The Morgan fingerprint density at radius 1 is 1.03 bits per heavy atom. The van der Waals surface area contributed by atoms with Crippen LogP contribution in [-0.2, 0) is 16.9 Å². The number of anilines is 1. The van der Waals surface area contributed by atoms with Crippen molar-refractivity contribution < 1.29 is 19.6 Å². The SMILES string of the molecule is Cc1ccc(CN2C(=O)[C@](O)(CC(=O)c3ccccc3[N+](=O)[O-])c3ccccc32)cc1. The highest BCUT2D eigenvalue weighted by Crippen LogP contribution is 2.43. The Morgan fingerprint density at radius 2 is 1.68 bits per heavy atom. The topological polar surface area (TPSA) is 101 Å². The van der Waals surface area contributed by atoms with E-state index in [9.17, 15) is 24.8 Å². The van der Waals surface area contributed by atoms with Crippen molar-refractivity contribution >= 4 is 23.1 Å². The molecule has 0 radical (unpaired) electrons. The van der Waals surface area contributed by atoms with Crippen LogP contribution in [0.4, 0.5) is 11.4 Å². The Hall–Kier alpha value is -3.84. The molecule has 0 bridgehead atoms. The van der Waals surface area contributed by atoms with Crippen molar-refractivity contribution in [3.05, 3.63) is 105 Å². The first-order chi connectivity index (χ1) is 14.8. The number of aryl methyl sites for hydroxylation is 1. The number of hydrogen-bond acceptors (Lipinski definition) is 5. The van der Waals surface area contributed by atoms with Crippen molar-refractivity contribution in [1.82, 2.24) is 0 Å². The summed E-state index contributed by atoms with van der Waals surface area (Å²) >= 11 is 0. The number of benzene rings is 3. The Kier molecular flexibility index (Phi) is 5.12. The maximum absolute atomic E-state index is 13.3. The first-order valence-electron chi connectivity index (χ1n) is 9.77. The molecule has 0 unspecified atom stereocenters. The van der Waals surface area contributed by atoms with Gasteiger partial charge in [0, 0.05) is 11.6 Å². The van der Waals surface area contributed by atoms with Crippen LogP contribution >= 0.6 is 0 Å². The number of nitrogens with zero attached hydrogens (tertiary/aromatic N) is 2. The minimum Gasteiger partial charge on any atom is -0.375 e. The number of hydrogen-bond donors (Lipinski definition) is 1. The summed E-state index contributed by atoms with van der Waals surface area (Å²) in [5.74, 6) is -1.30. The summed E-state index contributed by atoms with van der Waals surface area (Å²) < 4.78 is 0. The zero-order valence-corrected chi connectivity index (χ0v) is 16.8. The highest BCUT2D eigenvalue weighted by molar-refractivity contribution is 6.11. The molecule has 1 aliphatic heterocycles. The fraction of sp³-hybridized carbons (Fsp3) is 0.167. The van der Waals surface area contributed by atoms with E-state index in [4.69, 9.17) is 0 Å². The van der Waals surface area contributed by atoms with Gasteiger partial charge in [0.1, 0.15) is 0 Å². The fourth-order valence-electron chi connectivity index (χ4n) is 3.91. The highest BCUT2D eigenvalue weighted by Gasteiger charge is 2.51. The lowest BCUT2D eigenvalue weighted by molar-refractivity contribution is -0.385. The number of Topliss-reactive ketones (excluding diaryl/α,β-unsaturated/α-hetero) is 1. The molecule has 1 aliphatic rings. The molecule has 156 valence electrons. The molecular weight excluding hydrogens is 396 g/mol. The van der Waals surface area contributed by atoms with Crippen LogP contribution in [0.25, 0.3) is 0 Å². The highest BCUT2D eigenvalue weighted by atomic mass is 16.6. The second kappa shape index (κ2) is 7.77. The molecule has 7 heteroatoms. The van der Waals surface area contributed by atoms with Gasteiger partial charge in [-0.3, -0.25) is 19.7 Å². The molecule has 1 heterocycles. The van der Waals surface area contributed by atoms with Gasteiger partial charge in [-0.05, 0) is 24.6 Å². The lowest BCUT2D eigenvalue weighted by atomic mass is 9.88. The Morgan fingerprint density at radius 3 is 2.39 bits per heavy atom. The van der Waals surface area contributed by atoms with Gasteiger partial charge in [0.2, 0.25) is 0 Å². The van der Waals surface area contributed by atoms with Gasteiger partial charge in [0.05, 0.1) is 29.1 Å². The number of carbonyl (C=O) groups excluding carboxylic acids is 2. The molecule has 1 N–H and O–H groups in total. The van der Waals surface area contributed by atoms with Crippen molar-refractivity contribution in [3.63, 3.8) is 0 Å². The van der Waals surface area contributed by atoms with Gasteiger partial charge < -0.3 is 10.0 Å². The summed E-state index contributed by atoms with van der Waals surface area (Å²) in [5, 5.41) is 22.7. The minimum atomic E-state index is -2.10. The standard InChI is InChI=1S/C24H20N2O5/c1-16-10-12-17(13-11-16)15-25-21-9-5-3-7-19(21)24(29,23(25)28)14-22(27)18-6-2-4-8-20(18)26(30)31/h2-13,29H,14-15H2,1H3/t24-/m0/s1. The van der Waals surface area contributed by atoms with E-state index in [1.54, 1.807) is 24.3 Å². The number of nitro groups is 1. The average Bonchev–Trinajstić information content (AvgIpc) is 2.97. The number of amides is 1. The van der Waals surface area contributed by atoms with E-state index in [1.165, 1.54) is 29.2 Å². The first kappa shape index (κ1) is 20.4. The van der Waals surface area contributed by atoms with Gasteiger partial charge in [-0.2, -0.15) is 0 Å². The van der Waals surface area contributed by atoms with E-state index in [-0.39, 0.29) is 17.8 Å². The van der Waals surface area contributed by atoms with E-state index in [1.807, 2.05) is 31.2 Å². The molecule has 1 atom stereocenters. The number of para-hydroxylation sites is 2. The van der Waals surface area contributed by atoms with Gasteiger partial charge in [0.25, 0.3) is 11.6 Å². The molecular formula is C24H20N2O5. The molecule has 3 aromatic carbocycles. The van der Waals surface area contributed by atoms with Gasteiger partial charge >= 0.3 is 0 Å². The number of rotatable bonds is 6. The average molecular weight is 416 g/mol. The number of carbonyl (C=O) groups is 2. The van der Waals surface area contributed by atoms with Crippen LogP contribution in [0.15, 0.2) is 72.8 Å². The van der Waals surface area contributed by atoms with Crippen LogP contribution in [0.1, 0.15) is 33.5 Å². The maximum Gasteiger partial charge on any atom is 0.280 e. The van der Waals surface area contributed by atoms with Crippen molar-refractivity contribution in [2.45, 2.75) is 25.5 Å². The van der Waals surface area contributed by atoms with E-state index < -0.39 is 28.6 Å². The van der Waals surface area contributed by atoms with Gasteiger partial charge in [-0.15, -0.1) is 0 Å². The van der Waals surface area contributed by atoms with Gasteiger partial charge in [-0.25, -0.2) is 0 Å². The second-order valence-corrected chi connectivity index (χ2v) is 7.63. The molecule has 0 aromatic heterocycles. The number of ketones is 1. The van der Waals surface area contributed by atoms with Crippen LogP contribution < -0.4 is 4.90 Å². The van der Waals surface area contributed by atoms with E-state index >= 15 is 0 Å². The van der Waals surface area contributed by atoms with Crippen molar-refractivity contribution in [2.24, 2.45) is 0 Å².